The van der Waals surface area contributed by atoms with Gasteiger partial charge >= 0.3 is 6.11 Å². The second kappa shape index (κ2) is 5.79. The third kappa shape index (κ3) is 3.52. The van der Waals surface area contributed by atoms with Crippen molar-refractivity contribution >= 4 is 0 Å². The van der Waals surface area contributed by atoms with Crippen molar-refractivity contribution in [2.75, 3.05) is 6.61 Å². The van der Waals surface area contributed by atoms with Gasteiger partial charge in [-0.15, -0.1) is 0 Å². The second-order valence-electron chi connectivity index (χ2n) is 5.03. The Balaban J connectivity index is 1.94. The lowest BCUT2D eigenvalue weighted by atomic mass is 9.92. The van der Waals surface area contributed by atoms with E-state index in [0.29, 0.717) is 6.42 Å². The van der Waals surface area contributed by atoms with Gasteiger partial charge in [0.1, 0.15) is 0 Å². The SMILES string of the molecule is CCCCc1ccc(C2CCC(F)(F)OC2)cc1. The first-order valence-electron chi connectivity index (χ1n) is 6.71. The minimum absolute atomic E-state index is 0.116. The van der Waals surface area contributed by atoms with Gasteiger partial charge in [-0.1, -0.05) is 37.6 Å². The molecule has 1 fully saturated rings. The first-order valence-corrected chi connectivity index (χ1v) is 6.71. The van der Waals surface area contributed by atoms with E-state index in [1.165, 1.54) is 18.4 Å². The van der Waals surface area contributed by atoms with Gasteiger partial charge in [0.2, 0.25) is 0 Å². The molecule has 1 aliphatic heterocycles. The van der Waals surface area contributed by atoms with Gasteiger partial charge in [-0.25, -0.2) is 0 Å². The Hall–Kier alpha value is -0.960. The molecular weight excluding hydrogens is 234 g/mol. The molecule has 0 bridgehead atoms. The van der Waals surface area contributed by atoms with Crippen LogP contribution in [0.4, 0.5) is 8.78 Å². The minimum Gasteiger partial charge on any atom is -0.320 e. The number of ether oxygens (including phenoxy) is 1. The van der Waals surface area contributed by atoms with E-state index in [-0.39, 0.29) is 18.9 Å². The summed E-state index contributed by atoms with van der Waals surface area (Å²) in [5, 5.41) is 0. The molecule has 100 valence electrons. The summed E-state index contributed by atoms with van der Waals surface area (Å²) in [6, 6.07) is 8.33. The summed E-state index contributed by atoms with van der Waals surface area (Å²) >= 11 is 0. The first-order chi connectivity index (χ1) is 8.61. The van der Waals surface area contributed by atoms with Crippen molar-refractivity contribution in [2.24, 2.45) is 0 Å². The zero-order valence-electron chi connectivity index (χ0n) is 10.8. The number of hydrogen-bond donors (Lipinski definition) is 0. The van der Waals surface area contributed by atoms with Crippen LogP contribution in [0.5, 0.6) is 0 Å². The third-order valence-corrected chi connectivity index (χ3v) is 3.55. The van der Waals surface area contributed by atoms with Crippen LogP contribution in [0.25, 0.3) is 0 Å². The van der Waals surface area contributed by atoms with Gasteiger partial charge in [0.15, 0.2) is 0 Å². The summed E-state index contributed by atoms with van der Waals surface area (Å²) in [7, 11) is 0. The van der Waals surface area contributed by atoms with Gasteiger partial charge in [0.05, 0.1) is 6.61 Å². The normalized spacial score (nSPS) is 22.9. The van der Waals surface area contributed by atoms with Crippen LogP contribution in [0.1, 0.15) is 49.7 Å². The van der Waals surface area contributed by atoms with Crippen LogP contribution in [0.3, 0.4) is 0 Å². The van der Waals surface area contributed by atoms with E-state index in [0.717, 1.165) is 12.0 Å². The molecular formula is C15H20F2O. The Morgan fingerprint density at radius 3 is 2.56 bits per heavy atom. The molecule has 0 aliphatic carbocycles. The Bertz CT molecular complexity index is 363. The number of halogens is 2. The minimum atomic E-state index is -2.92. The molecule has 3 heteroatoms. The second-order valence-corrected chi connectivity index (χ2v) is 5.03. The molecule has 18 heavy (non-hydrogen) atoms. The molecule has 0 spiro atoms. The number of alkyl halides is 2. The van der Waals surface area contributed by atoms with E-state index in [2.05, 4.69) is 35.9 Å². The Labute approximate surface area is 107 Å². The van der Waals surface area contributed by atoms with Crippen molar-refractivity contribution in [3.8, 4) is 0 Å². The number of hydrogen-bond acceptors (Lipinski definition) is 1. The molecule has 1 aromatic carbocycles. The Morgan fingerprint density at radius 1 is 1.28 bits per heavy atom. The molecule has 0 radical (unpaired) electrons. The molecule has 0 aromatic heterocycles. The molecule has 0 saturated carbocycles. The lowest BCUT2D eigenvalue weighted by Crippen LogP contribution is -2.30. The fraction of sp³-hybridized carbons (Fsp3) is 0.600. The van der Waals surface area contributed by atoms with E-state index in [9.17, 15) is 8.78 Å². The van der Waals surface area contributed by atoms with E-state index in [1.807, 2.05) is 0 Å². The highest BCUT2D eigenvalue weighted by molar-refractivity contribution is 5.26. The van der Waals surface area contributed by atoms with E-state index in [4.69, 9.17) is 0 Å². The molecule has 0 amide bonds. The standard InChI is InChI=1S/C15H20F2O/c1-2-3-4-12-5-7-13(8-6-12)14-9-10-15(16,17)18-11-14/h5-8,14H,2-4,9-11H2,1H3. The van der Waals surface area contributed by atoms with Crippen LogP contribution in [-0.2, 0) is 11.2 Å². The van der Waals surface area contributed by atoms with E-state index >= 15 is 0 Å². The highest BCUT2D eigenvalue weighted by Crippen LogP contribution is 2.35. The van der Waals surface area contributed by atoms with Gasteiger partial charge in [0, 0.05) is 12.3 Å². The molecule has 1 aliphatic rings. The van der Waals surface area contributed by atoms with Crippen molar-refractivity contribution in [2.45, 2.75) is 51.1 Å². The van der Waals surface area contributed by atoms with Crippen LogP contribution in [0.2, 0.25) is 0 Å². The molecule has 1 unspecified atom stereocenters. The predicted molar refractivity (Wildman–Crippen MR) is 67.9 cm³/mol. The number of rotatable bonds is 4. The third-order valence-electron chi connectivity index (χ3n) is 3.55. The van der Waals surface area contributed by atoms with Crippen LogP contribution in [0.15, 0.2) is 24.3 Å². The molecule has 2 rings (SSSR count). The molecule has 1 saturated heterocycles. The number of aryl methyl sites for hydroxylation is 1. The quantitative estimate of drug-likeness (QED) is 0.767. The Kier molecular flexibility index (Phi) is 4.33. The van der Waals surface area contributed by atoms with Crippen LogP contribution >= 0.6 is 0 Å². The number of unbranched alkanes of at least 4 members (excludes halogenated alkanes) is 1. The first kappa shape index (κ1) is 13.5. The molecule has 1 nitrogen and oxygen atoms in total. The van der Waals surface area contributed by atoms with Crippen molar-refractivity contribution in [3.63, 3.8) is 0 Å². The summed E-state index contributed by atoms with van der Waals surface area (Å²) in [5.41, 5.74) is 2.44. The lowest BCUT2D eigenvalue weighted by molar-refractivity contribution is -0.261. The van der Waals surface area contributed by atoms with Crippen LogP contribution in [0, 0.1) is 0 Å². The zero-order valence-corrected chi connectivity index (χ0v) is 10.8. The average Bonchev–Trinajstić information content (AvgIpc) is 2.37. The van der Waals surface area contributed by atoms with Gasteiger partial charge in [-0.2, -0.15) is 8.78 Å². The highest BCUT2D eigenvalue weighted by atomic mass is 19.3. The van der Waals surface area contributed by atoms with Gasteiger partial charge in [-0.3, -0.25) is 0 Å². The largest absolute Gasteiger partial charge is 0.355 e. The van der Waals surface area contributed by atoms with E-state index in [1.54, 1.807) is 0 Å². The summed E-state index contributed by atoms with van der Waals surface area (Å²) in [4.78, 5) is 0. The van der Waals surface area contributed by atoms with Crippen molar-refractivity contribution in [3.05, 3.63) is 35.4 Å². The topological polar surface area (TPSA) is 9.23 Å². The fourth-order valence-corrected chi connectivity index (χ4v) is 2.32. The van der Waals surface area contributed by atoms with Crippen LogP contribution < -0.4 is 0 Å². The van der Waals surface area contributed by atoms with Gasteiger partial charge in [0.25, 0.3) is 0 Å². The average molecular weight is 254 g/mol. The van der Waals surface area contributed by atoms with Crippen molar-refractivity contribution in [1.82, 2.24) is 0 Å². The molecule has 1 atom stereocenters. The lowest BCUT2D eigenvalue weighted by Gasteiger charge is -2.28. The van der Waals surface area contributed by atoms with Crippen LogP contribution in [-0.4, -0.2) is 12.7 Å². The monoisotopic (exact) mass is 254 g/mol. The molecule has 1 heterocycles. The maximum Gasteiger partial charge on any atom is 0.355 e. The van der Waals surface area contributed by atoms with Crippen molar-refractivity contribution in [1.29, 1.82) is 0 Å². The van der Waals surface area contributed by atoms with Crippen molar-refractivity contribution < 1.29 is 13.5 Å². The maximum atomic E-state index is 12.9. The van der Waals surface area contributed by atoms with E-state index < -0.39 is 6.11 Å². The van der Waals surface area contributed by atoms with Gasteiger partial charge in [-0.05, 0) is 30.4 Å². The zero-order chi connectivity index (χ0) is 13.0. The summed E-state index contributed by atoms with van der Waals surface area (Å²) < 4.78 is 30.3. The smallest absolute Gasteiger partial charge is 0.320 e. The Morgan fingerprint density at radius 2 is 2.00 bits per heavy atom. The number of benzene rings is 1. The maximum absolute atomic E-state index is 12.9. The summed E-state index contributed by atoms with van der Waals surface area (Å²) in [6.07, 6.45) is 0.884. The highest BCUT2D eigenvalue weighted by Gasteiger charge is 2.36. The molecule has 1 aromatic rings. The predicted octanol–water partition coefficient (Wildman–Crippen LogP) is 4.52. The van der Waals surface area contributed by atoms with Gasteiger partial charge < -0.3 is 4.74 Å². The summed E-state index contributed by atoms with van der Waals surface area (Å²) in [5.74, 6) is 0.116. The summed E-state index contributed by atoms with van der Waals surface area (Å²) in [6.45, 7) is 2.30. The molecule has 0 N–H and O–H groups in total. The fourth-order valence-electron chi connectivity index (χ4n) is 2.32.